The van der Waals surface area contributed by atoms with Gasteiger partial charge in [-0.15, -0.1) is 0 Å². The molecule has 0 bridgehead atoms. The van der Waals surface area contributed by atoms with Crippen molar-refractivity contribution in [2.75, 3.05) is 18.1 Å². The van der Waals surface area contributed by atoms with Crippen molar-refractivity contribution in [2.45, 2.75) is 45.6 Å². The summed E-state index contributed by atoms with van der Waals surface area (Å²) in [7, 11) is 0. The fraction of sp³-hybridized carbons (Fsp3) is 0.846. The topological polar surface area (TPSA) is 58.2 Å². The zero-order valence-electron chi connectivity index (χ0n) is 11.3. The first-order chi connectivity index (χ1) is 8.59. The molecule has 1 aliphatic heterocycles. The zero-order chi connectivity index (χ0) is 13.4. The third-order valence-electron chi connectivity index (χ3n) is 2.76. The monoisotopic (exact) mass is 272 g/mol. The maximum Gasteiger partial charge on any atom is 0.242 e. The Morgan fingerprint density at radius 2 is 2.33 bits per heavy atom. The quantitative estimate of drug-likeness (QED) is 0.691. The Balaban J connectivity index is 2.04. The number of carbonyl (C=O) groups is 2. The minimum absolute atomic E-state index is 0.00566. The molecule has 0 unspecified atom stereocenters. The molecular weight excluding hydrogens is 248 g/mol. The highest BCUT2D eigenvalue weighted by atomic mass is 32.2. The number of amides is 2. The van der Waals surface area contributed by atoms with Crippen molar-refractivity contribution < 1.29 is 9.59 Å². The van der Waals surface area contributed by atoms with E-state index in [9.17, 15) is 9.59 Å². The lowest BCUT2D eigenvalue weighted by Gasteiger charge is -2.22. The Morgan fingerprint density at radius 1 is 1.56 bits per heavy atom. The van der Waals surface area contributed by atoms with Crippen molar-refractivity contribution in [3.05, 3.63) is 0 Å². The number of thioether (sulfide) groups is 1. The van der Waals surface area contributed by atoms with Gasteiger partial charge in [-0.1, -0.05) is 13.8 Å². The Hall–Kier alpha value is -0.710. The van der Waals surface area contributed by atoms with Gasteiger partial charge in [-0.25, -0.2) is 0 Å². The van der Waals surface area contributed by atoms with Crippen molar-refractivity contribution >= 4 is 23.6 Å². The van der Waals surface area contributed by atoms with Gasteiger partial charge in [-0.2, -0.15) is 11.8 Å². The third kappa shape index (κ3) is 6.28. The van der Waals surface area contributed by atoms with Crippen molar-refractivity contribution in [2.24, 2.45) is 5.92 Å². The second-order valence-electron chi connectivity index (χ2n) is 5.13. The summed E-state index contributed by atoms with van der Waals surface area (Å²) in [6, 6.07) is -0.311. The second-order valence-corrected chi connectivity index (χ2v) is 6.28. The molecule has 1 saturated heterocycles. The van der Waals surface area contributed by atoms with Gasteiger partial charge in [0.25, 0.3) is 0 Å². The molecule has 0 spiro atoms. The summed E-state index contributed by atoms with van der Waals surface area (Å²) in [6.07, 6.45) is 3.12. The highest BCUT2D eigenvalue weighted by molar-refractivity contribution is 7.99. The average Bonchev–Trinajstić information content (AvgIpc) is 2.33. The minimum Gasteiger partial charge on any atom is -0.354 e. The molecule has 0 aliphatic carbocycles. The van der Waals surface area contributed by atoms with Crippen LogP contribution in [-0.4, -0.2) is 35.9 Å². The molecule has 1 rings (SSSR count). The van der Waals surface area contributed by atoms with Crippen LogP contribution in [-0.2, 0) is 9.59 Å². The molecule has 2 N–H and O–H groups in total. The molecule has 0 aromatic rings. The summed E-state index contributed by atoms with van der Waals surface area (Å²) in [5.74, 6) is 2.94. The van der Waals surface area contributed by atoms with Gasteiger partial charge in [0.1, 0.15) is 6.04 Å². The molecule has 1 heterocycles. The Morgan fingerprint density at radius 3 is 3.00 bits per heavy atom. The van der Waals surface area contributed by atoms with Crippen LogP contribution in [0.5, 0.6) is 0 Å². The number of carbonyl (C=O) groups excluding carboxylic acids is 2. The molecule has 1 fully saturated rings. The number of rotatable bonds is 7. The summed E-state index contributed by atoms with van der Waals surface area (Å²) in [5.41, 5.74) is 0. The highest BCUT2D eigenvalue weighted by Crippen LogP contribution is 2.09. The van der Waals surface area contributed by atoms with Gasteiger partial charge in [0.05, 0.1) is 0 Å². The van der Waals surface area contributed by atoms with Crippen molar-refractivity contribution in [1.82, 2.24) is 10.6 Å². The molecule has 104 valence electrons. The smallest absolute Gasteiger partial charge is 0.242 e. The first-order valence-corrected chi connectivity index (χ1v) is 7.90. The van der Waals surface area contributed by atoms with E-state index in [1.807, 2.05) is 11.8 Å². The van der Waals surface area contributed by atoms with E-state index in [2.05, 4.69) is 24.5 Å². The summed E-state index contributed by atoms with van der Waals surface area (Å²) >= 11 is 1.93. The van der Waals surface area contributed by atoms with Crippen LogP contribution in [0.2, 0.25) is 0 Å². The normalized spacial score (nSPS) is 19.7. The molecule has 1 atom stereocenters. The summed E-state index contributed by atoms with van der Waals surface area (Å²) in [5, 5.41) is 5.62. The van der Waals surface area contributed by atoms with E-state index in [1.54, 1.807) is 0 Å². The largest absolute Gasteiger partial charge is 0.354 e. The lowest BCUT2D eigenvalue weighted by Crippen LogP contribution is -2.49. The van der Waals surface area contributed by atoms with Crippen LogP contribution in [0.1, 0.15) is 39.5 Å². The van der Waals surface area contributed by atoms with Crippen molar-refractivity contribution in [3.8, 4) is 0 Å². The van der Waals surface area contributed by atoms with Gasteiger partial charge < -0.3 is 10.6 Å². The Bertz CT molecular complexity index is 282. The predicted molar refractivity (Wildman–Crippen MR) is 75.6 cm³/mol. The molecule has 18 heavy (non-hydrogen) atoms. The average molecular weight is 272 g/mol. The molecule has 1 aliphatic rings. The molecule has 0 aromatic heterocycles. The summed E-state index contributed by atoms with van der Waals surface area (Å²) < 4.78 is 0. The molecule has 0 aromatic carbocycles. The number of hydrogen-bond acceptors (Lipinski definition) is 3. The van der Waals surface area contributed by atoms with E-state index >= 15 is 0 Å². The molecule has 2 amide bonds. The number of nitrogens with one attached hydrogen (secondary N) is 2. The SMILES string of the molecule is CC(C)CSCCCNC(=O)[C@H]1CCCC(=O)N1. The summed E-state index contributed by atoms with van der Waals surface area (Å²) in [4.78, 5) is 22.9. The Kier molecular flexibility index (Phi) is 7.16. The van der Waals surface area contributed by atoms with Crippen molar-refractivity contribution in [3.63, 3.8) is 0 Å². The van der Waals surface area contributed by atoms with E-state index in [1.165, 1.54) is 5.75 Å². The fourth-order valence-corrected chi connectivity index (χ4v) is 2.82. The van der Waals surface area contributed by atoms with Gasteiger partial charge >= 0.3 is 0 Å². The van der Waals surface area contributed by atoms with Crippen LogP contribution >= 0.6 is 11.8 Å². The maximum atomic E-state index is 11.8. The van der Waals surface area contributed by atoms with E-state index in [0.29, 0.717) is 13.0 Å². The standard InChI is InChI=1S/C13H24N2O2S/c1-10(2)9-18-8-4-7-14-13(17)11-5-3-6-12(16)15-11/h10-11H,3-9H2,1-2H3,(H,14,17)(H,15,16)/t11-/m1/s1. The third-order valence-corrected chi connectivity index (χ3v) is 4.24. The van der Waals surface area contributed by atoms with Gasteiger partial charge in [0, 0.05) is 13.0 Å². The molecule has 5 heteroatoms. The zero-order valence-corrected chi connectivity index (χ0v) is 12.1. The minimum atomic E-state index is -0.311. The van der Waals surface area contributed by atoms with Crippen LogP contribution in [0.3, 0.4) is 0 Å². The first-order valence-electron chi connectivity index (χ1n) is 6.74. The lowest BCUT2D eigenvalue weighted by molar-refractivity contribution is -0.130. The van der Waals surface area contributed by atoms with E-state index in [-0.39, 0.29) is 17.9 Å². The Labute approximate surface area is 114 Å². The van der Waals surface area contributed by atoms with Gasteiger partial charge in [-0.05, 0) is 36.7 Å². The van der Waals surface area contributed by atoms with Crippen LogP contribution in [0, 0.1) is 5.92 Å². The van der Waals surface area contributed by atoms with Crippen LogP contribution in [0.15, 0.2) is 0 Å². The van der Waals surface area contributed by atoms with E-state index in [4.69, 9.17) is 0 Å². The van der Waals surface area contributed by atoms with Gasteiger partial charge in [-0.3, -0.25) is 9.59 Å². The van der Waals surface area contributed by atoms with Crippen LogP contribution in [0.4, 0.5) is 0 Å². The van der Waals surface area contributed by atoms with Crippen LogP contribution in [0.25, 0.3) is 0 Å². The van der Waals surface area contributed by atoms with Crippen LogP contribution < -0.4 is 10.6 Å². The molecule has 0 radical (unpaired) electrons. The number of piperidine rings is 1. The van der Waals surface area contributed by atoms with E-state index < -0.39 is 0 Å². The van der Waals surface area contributed by atoms with Gasteiger partial charge in [0.2, 0.25) is 11.8 Å². The number of hydrogen-bond donors (Lipinski definition) is 2. The molecule has 4 nitrogen and oxygen atoms in total. The second kappa shape index (κ2) is 8.40. The van der Waals surface area contributed by atoms with E-state index in [0.717, 1.165) is 30.9 Å². The first kappa shape index (κ1) is 15.3. The van der Waals surface area contributed by atoms with Gasteiger partial charge in [0.15, 0.2) is 0 Å². The van der Waals surface area contributed by atoms with Crippen molar-refractivity contribution in [1.29, 1.82) is 0 Å². The predicted octanol–water partition coefficient (Wildman–Crippen LogP) is 1.55. The lowest BCUT2D eigenvalue weighted by atomic mass is 10.0. The highest BCUT2D eigenvalue weighted by Gasteiger charge is 2.23. The molecular formula is C13H24N2O2S. The fourth-order valence-electron chi connectivity index (χ4n) is 1.83. The maximum absolute atomic E-state index is 11.8. The molecule has 0 saturated carbocycles. The summed E-state index contributed by atoms with van der Waals surface area (Å²) in [6.45, 7) is 5.12.